The number of aliphatic hydroxyl groups is 1. The first-order valence-corrected chi connectivity index (χ1v) is 6.90. The number of nitrogens with one attached hydrogen (secondary N) is 1. The molecule has 0 bridgehead atoms. The van der Waals surface area contributed by atoms with Crippen molar-refractivity contribution in [1.82, 2.24) is 10.3 Å². The predicted molar refractivity (Wildman–Crippen MR) is 78.4 cm³/mol. The van der Waals surface area contributed by atoms with Crippen LogP contribution in [0.4, 0.5) is 0 Å². The van der Waals surface area contributed by atoms with Gasteiger partial charge in [0.1, 0.15) is 6.61 Å². The molecule has 1 aromatic carbocycles. The highest BCUT2D eigenvalue weighted by atomic mass is 32.1. The molecule has 0 saturated carbocycles. The quantitative estimate of drug-likeness (QED) is 0.845. The maximum absolute atomic E-state index is 12.0. The van der Waals surface area contributed by atoms with Gasteiger partial charge in [-0.15, -0.1) is 11.3 Å². The molecule has 2 rings (SSSR count). The number of amides is 1. The average molecular weight is 286 g/mol. The van der Waals surface area contributed by atoms with Crippen LogP contribution in [0.5, 0.6) is 0 Å². The maximum atomic E-state index is 12.0. The first-order valence-electron chi connectivity index (χ1n) is 6.08. The number of carbonyl (C=O) groups is 1. The van der Waals surface area contributed by atoms with Gasteiger partial charge in [-0.3, -0.25) is 4.79 Å². The summed E-state index contributed by atoms with van der Waals surface area (Å²) >= 11 is 1.56. The molecule has 4 nitrogen and oxygen atoms in total. The van der Waals surface area contributed by atoms with Gasteiger partial charge in [0.2, 0.25) is 0 Å². The summed E-state index contributed by atoms with van der Waals surface area (Å²) in [5.74, 6) is 5.19. The van der Waals surface area contributed by atoms with E-state index in [2.05, 4.69) is 22.1 Å². The minimum Gasteiger partial charge on any atom is -0.384 e. The molecule has 102 valence electrons. The molecule has 0 aliphatic rings. The molecule has 0 spiro atoms. The Morgan fingerprint density at radius 2 is 2.35 bits per heavy atom. The molecule has 1 amide bonds. The van der Waals surface area contributed by atoms with Gasteiger partial charge in [-0.05, 0) is 25.1 Å². The number of nitrogens with zero attached hydrogens (tertiary/aromatic N) is 1. The lowest BCUT2D eigenvalue weighted by atomic mass is 10.1. The van der Waals surface area contributed by atoms with Gasteiger partial charge in [0.05, 0.1) is 11.6 Å². The Labute approximate surface area is 121 Å². The molecule has 20 heavy (non-hydrogen) atoms. The molecule has 0 radical (unpaired) electrons. The summed E-state index contributed by atoms with van der Waals surface area (Å²) in [5.41, 5.74) is 1.26. The van der Waals surface area contributed by atoms with Gasteiger partial charge in [0.25, 0.3) is 5.91 Å². The fourth-order valence-corrected chi connectivity index (χ4v) is 2.37. The zero-order valence-corrected chi connectivity index (χ0v) is 11.8. The number of thiazole rings is 1. The average Bonchev–Trinajstić information content (AvgIpc) is 2.88. The third kappa shape index (κ3) is 3.92. The monoisotopic (exact) mass is 286 g/mol. The molecule has 1 heterocycles. The number of carbonyl (C=O) groups excluding carboxylic acids is 1. The van der Waals surface area contributed by atoms with Crippen LogP contribution in [0, 0.1) is 18.8 Å². The molecule has 0 unspecified atom stereocenters. The highest BCUT2D eigenvalue weighted by molar-refractivity contribution is 7.11. The van der Waals surface area contributed by atoms with E-state index < -0.39 is 0 Å². The van der Waals surface area contributed by atoms with Gasteiger partial charge >= 0.3 is 0 Å². The van der Waals surface area contributed by atoms with Crippen LogP contribution in [0.15, 0.2) is 30.5 Å². The van der Waals surface area contributed by atoms with E-state index >= 15 is 0 Å². The molecular weight excluding hydrogens is 272 g/mol. The van der Waals surface area contributed by atoms with Crippen molar-refractivity contribution in [3.63, 3.8) is 0 Å². The van der Waals surface area contributed by atoms with Crippen molar-refractivity contribution in [3.8, 4) is 11.8 Å². The van der Waals surface area contributed by atoms with E-state index in [0.717, 1.165) is 9.88 Å². The van der Waals surface area contributed by atoms with Crippen LogP contribution in [0.3, 0.4) is 0 Å². The van der Waals surface area contributed by atoms with Crippen LogP contribution in [-0.4, -0.2) is 22.6 Å². The van der Waals surface area contributed by atoms with Crippen LogP contribution < -0.4 is 5.32 Å². The number of hydrogen-bond donors (Lipinski definition) is 2. The smallest absolute Gasteiger partial charge is 0.251 e. The summed E-state index contributed by atoms with van der Waals surface area (Å²) in [4.78, 5) is 17.2. The van der Waals surface area contributed by atoms with E-state index in [1.165, 1.54) is 0 Å². The van der Waals surface area contributed by atoms with Crippen molar-refractivity contribution >= 4 is 17.2 Å². The second-order valence-corrected chi connectivity index (χ2v) is 5.39. The van der Waals surface area contributed by atoms with E-state index in [-0.39, 0.29) is 12.5 Å². The minimum absolute atomic E-state index is 0.149. The third-order valence-electron chi connectivity index (χ3n) is 2.53. The molecule has 0 aliphatic carbocycles. The summed E-state index contributed by atoms with van der Waals surface area (Å²) in [7, 11) is 0. The van der Waals surface area contributed by atoms with Crippen molar-refractivity contribution in [2.75, 3.05) is 6.61 Å². The summed E-state index contributed by atoms with van der Waals surface area (Å²) < 4.78 is 0. The fourth-order valence-electron chi connectivity index (χ4n) is 1.64. The first-order chi connectivity index (χ1) is 9.69. The van der Waals surface area contributed by atoms with E-state index in [1.54, 1.807) is 41.8 Å². The molecule has 2 aromatic rings. The van der Waals surface area contributed by atoms with Crippen LogP contribution in [0.2, 0.25) is 0 Å². The Bertz CT molecular complexity index is 668. The van der Waals surface area contributed by atoms with Crippen molar-refractivity contribution in [2.24, 2.45) is 0 Å². The van der Waals surface area contributed by atoms with E-state index in [1.807, 2.05) is 6.92 Å². The lowest BCUT2D eigenvalue weighted by molar-refractivity contribution is 0.0951. The largest absolute Gasteiger partial charge is 0.384 e. The minimum atomic E-state index is -0.193. The summed E-state index contributed by atoms with van der Waals surface area (Å²) in [6.07, 6.45) is 1.77. The van der Waals surface area contributed by atoms with Crippen molar-refractivity contribution in [1.29, 1.82) is 0 Å². The number of rotatable bonds is 3. The zero-order chi connectivity index (χ0) is 14.4. The van der Waals surface area contributed by atoms with Gasteiger partial charge in [-0.25, -0.2) is 4.98 Å². The molecule has 2 N–H and O–H groups in total. The Kier molecular flexibility index (Phi) is 4.88. The second-order valence-electron chi connectivity index (χ2n) is 4.07. The fraction of sp³-hybridized carbons (Fsp3) is 0.200. The second kappa shape index (κ2) is 6.85. The van der Waals surface area contributed by atoms with Crippen molar-refractivity contribution < 1.29 is 9.90 Å². The van der Waals surface area contributed by atoms with Crippen LogP contribution >= 0.6 is 11.3 Å². The molecule has 0 atom stereocenters. The molecule has 0 aliphatic heterocycles. The third-order valence-corrected chi connectivity index (χ3v) is 3.44. The van der Waals surface area contributed by atoms with Crippen molar-refractivity contribution in [2.45, 2.75) is 13.5 Å². The summed E-state index contributed by atoms with van der Waals surface area (Å²) in [5, 5.41) is 12.5. The molecular formula is C15H14N2O2S. The number of hydrogen-bond acceptors (Lipinski definition) is 4. The normalized spacial score (nSPS) is 9.70. The Morgan fingerprint density at radius 3 is 3.05 bits per heavy atom. The Balaban J connectivity index is 2.01. The van der Waals surface area contributed by atoms with E-state index in [9.17, 15) is 4.79 Å². The maximum Gasteiger partial charge on any atom is 0.251 e. The molecule has 0 saturated heterocycles. The lowest BCUT2D eigenvalue weighted by Gasteiger charge is -2.03. The SMILES string of the molecule is Cc1ncc(CNC(=O)c2cccc(C#CCO)c2)s1. The molecule has 0 fully saturated rings. The molecule has 5 heteroatoms. The van der Waals surface area contributed by atoms with E-state index in [0.29, 0.717) is 17.7 Å². The van der Waals surface area contributed by atoms with Gasteiger partial charge < -0.3 is 10.4 Å². The van der Waals surface area contributed by atoms with E-state index in [4.69, 9.17) is 5.11 Å². The van der Waals surface area contributed by atoms with Gasteiger partial charge in [0.15, 0.2) is 0 Å². The Morgan fingerprint density at radius 1 is 1.50 bits per heavy atom. The predicted octanol–water partition coefficient (Wildman–Crippen LogP) is 1.73. The van der Waals surface area contributed by atoms with Crippen LogP contribution in [-0.2, 0) is 6.54 Å². The highest BCUT2D eigenvalue weighted by Gasteiger charge is 2.06. The van der Waals surface area contributed by atoms with Crippen LogP contribution in [0.25, 0.3) is 0 Å². The number of aryl methyl sites for hydroxylation is 1. The molecule has 1 aromatic heterocycles. The van der Waals surface area contributed by atoms with Crippen molar-refractivity contribution in [3.05, 3.63) is 51.5 Å². The topological polar surface area (TPSA) is 62.2 Å². The lowest BCUT2D eigenvalue weighted by Crippen LogP contribution is -2.22. The standard InChI is InChI=1S/C15H14N2O2S/c1-11-16-9-14(20-11)10-17-15(19)13-6-2-4-12(8-13)5-3-7-18/h2,4,6,8-9,18H,7,10H2,1H3,(H,17,19). The summed E-state index contributed by atoms with van der Waals surface area (Å²) in [6.45, 7) is 2.21. The van der Waals surface area contributed by atoms with Gasteiger partial charge in [-0.2, -0.15) is 0 Å². The highest BCUT2D eigenvalue weighted by Crippen LogP contribution is 2.11. The number of aromatic nitrogens is 1. The Hall–Kier alpha value is -2.16. The summed E-state index contributed by atoms with van der Waals surface area (Å²) in [6, 6.07) is 7.01. The zero-order valence-electron chi connectivity index (χ0n) is 11.0. The first kappa shape index (κ1) is 14.3. The van der Waals surface area contributed by atoms with Gasteiger partial charge in [0, 0.05) is 22.2 Å². The van der Waals surface area contributed by atoms with Gasteiger partial charge in [-0.1, -0.05) is 17.9 Å². The number of aliphatic hydroxyl groups excluding tert-OH is 1. The van der Waals surface area contributed by atoms with Crippen LogP contribution in [0.1, 0.15) is 25.8 Å². The number of benzene rings is 1.